The van der Waals surface area contributed by atoms with Gasteiger partial charge in [0, 0.05) is 36.0 Å². The maximum absolute atomic E-state index is 12.2. The molecule has 0 spiro atoms. The summed E-state index contributed by atoms with van der Waals surface area (Å²) in [6.45, 7) is 0.952. The lowest BCUT2D eigenvalue weighted by atomic mass is 10.1. The van der Waals surface area contributed by atoms with Crippen molar-refractivity contribution in [3.63, 3.8) is 0 Å². The molecular formula is C17H24ClN3O4S. The first kappa shape index (κ1) is 22.0. The van der Waals surface area contributed by atoms with E-state index in [9.17, 15) is 4.79 Å². The van der Waals surface area contributed by atoms with Crippen LogP contribution < -0.4 is 25.3 Å². The first-order chi connectivity index (χ1) is 12.1. The van der Waals surface area contributed by atoms with E-state index in [2.05, 4.69) is 10.3 Å². The summed E-state index contributed by atoms with van der Waals surface area (Å²) in [5, 5.41) is 5.48. The van der Waals surface area contributed by atoms with Crippen LogP contribution in [0.3, 0.4) is 0 Å². The van der Waals surface area contributed by atoms with E-state index in [4.69, 9.17) is 19.9 Å². The number of thiazole rings is 1. The molecule has 3 N–H and O–H groups in total. The van der Waals surface area contributed by atoms with Gasteiger partial charge in [0.25, 0.3) is 5.91 Å². The third-order valence-corrected chi connectivity index (χ3v) is 4.53. The minimum Gasteiger partial charge on any atom is -0.496 e. The highest BCUT2D eigenvalue weighted by atomic mass is 35.5. The largest absolute Gasteiger partial charge is 0.496 e. The minimum absolute atomic E-state index is 0. The van der Waals surface area contributed by atoms with Crippen LogP contribution in [-0.4, -0.2) is 45.3 Å². The second kappa shape index (κ2) is 10.8. The topological polar surface area (TPSA) is 95.7 Å². The van der Waals surface area contributed by atoms with E-state index < -0.39 is 0 Å². The van der Waals surface area contributed by atoms with Gasteiger partial charge in [-0.3, -0.25) is 4.79 Å². The zero-order chi connectivity index (χ0) is 18.2. The Morgan fingerprint density at radius 1 is 1.15 bits per heavy atom. The number of halogens is 1. The summed E-state index contributed by atoms with van der Waals surface area (Å²) < 4.78 is 16.0. The number of benzene rings is 1. The SMILES string of the molecule is COc1cc(OC)c(CCNC(=O)c2csc(CCN)n2)c(OC)c1.Cl. The number of nitrogens with zero attached hydrogens (tertiary/aromatic N) is 1. The Morgan fingerprint density at radius 2 is 1.81 bits per heavy atom. The summed E-state index contributed by atoms with van der Waals surface area (Å²) in [6, 6.07) is 3.58. The Hall–Kier alpha value is -2.03. The molecule has 2 aromatic rings. The van der Waals surface area contributed by atoms with Gasteiger partial charge in [-0.2, -0.15) is 0 Å². The molecule has 0 aliphatic heterocycles. The summed E-state index contributed by atoms with van der Waals surface area (Å²) in [4.78, 5) is 16.5. The van der Waals surface area contributed by atoms with E-state index >= 15 is 0 Å². The fourth-order valence-corrected chi connectivity index (χ4v) is 3.16. The van der Waals surface area contributed by atoms with Crippen LogP contribution in [0.15, 0.2) is 17.5 Å². The van der Waals surface area contributed by atoms with Gasteiger partial charge in [-0.25, -0.2) is 4.98 Å². The van der Waals surface area contributed by atoms with E-state index in [0.717, 1.165) is 10.6 Å². The Labute approximate surface area is 163 Å². The number of amides is 1. The highest BCUT2D eigenvalue weighted by Gasteiger charge is 2.15. The molecular weight excluding hydrogens is 378 g/mol. The van der Waals surface area contributed by atoms with Crippen molar-refractivity contribution < 1.29 is 19.0 Å². The van der Waals surface area contributed by atoms with Crippen molar-refractivity contribution in [1.82, 2.24) is 10.3 Å². The normalized spacial score (nSPS) is 10.0. The summed E-state index contributed by atoms with van der Waals surface area (Å²) >= 11 is 1.44. The molecule has 0 saturated heterocycles. The van der Waals surface area contributed by atoms with Crippen molar-refractivity contribution >= 4 is 29.7 Å². The van der Waals surface area contributed by atoms with Crippen molar-refractivity contribution in [2.24, 2.45) is 5.73 Å². The number of aromatic nitrogens is 1. The van der Waals surface area contributed by atoms with Gasteiger partial charge in [0.2, 0.25) is 0 Å². The molecule has 0 saturated carbocycles. The highest BCUT2D eigenvalue weighted by molar-refractivity contribution is 7.09. The molecule has 7 nitrogen and oxygen atoms in total. The average molecular weight is 402 g/mol. The standard InChI is InChI=1S/C17H23N3O4S.ClH/c1-22-11-8-14(23-2)12(15(9-11)24-3)5-7-19-17(21)13-10-25-16(20-13)4-6-18;/h8-10H,4-7,18H2,1-3H3,(H,19,21);1H. The molecule has 0 atom stereocenters. The summed E-state index contributed by atoms with van der Waals surface area (Å²) in [5.41, 5.74) is 6.79. The van der Waals surface area contributed by atoms with Gasteiger partial charge in [0.05, 0.1) is 26.3 Å². The van der Waals surface area contributed by atoms with Crippen molar-refractivity contribution in [1.29, 1.82) is 0 Å². The molecule has 2 rings (SSSR count). The van der Waals surface area contributed by atoms with Gasteiger partial charge in [-0.15, -0.1) is 23.7 Å². The van der Waals surface area contributed by atoms with Gasteiger partial charge in [-0.1, -0.05) is 0 Å². The molecule has 9 heteroatoms. The summed E-state index contributed by atoms with van der Waals surface area (Å²) in [6.07, 6.45) is 1.24. The van der Waals surface area contributed by atoms with Crippen LogP contribution in [-0.2, 0) is 12.8 Å². The van der Waals surface area contributed by atoms with E-state index in [1.165, 1.54) is 11.3 Å². The molecule has 26 heavy (non-hydrogen) atoms. The Morgan fingerprint density at radius 3 is 2.35 bits per heavy atom. The lowest BCUT2D eigenvalue weighted by Gasteiger charge is -2.15. The predicted octanol–water partition coefficient (Wildman–Crippen LogP) is 2.06. The van der Waals surface area contributed by atoms with Crippen LogP contribution in [0.5, 0.6) is 17.2 Å². The van der Waals surface area contributed by atoms with Gasteiger partial charge in [-0.05, 0) is 13.0 Å². The number of nitrogens with one attached hydrogen (secondary N) is 1. The molecule has 0 unspecified atom stereocenters. The molecule has 1 aromatic carbocycles. The average Bonchev–Trinajstić information content (AvgIpc) is 3.10. The Balaban J connectivity index is 0.00000338. The van der Waals surface area contributed by atoms with E-state index in [1.54, 1.807) is 38.8 Å². The van der Waals surface area contributed by atoms with Crippen LogP contribution in [0.4, 0.5) is 0 Å². The second-order valence-electron chi connectivity index (χ2n) is 5.18. The molecule has 1 amide bonds. The Bertz CT molecular complexity index is 699. The summed E-state index contributed by atoms with van der Waals surface area (Å²) in [5.74, 6) is 1.76. The number of hydrogen-bond acceptors (Lipinski definition) is 7. The summed E-state index contributed by atoms with van der Waals surface area (Å²) in [7, 11) is 4.76. The quantitative estimate of drug-likeness (QED) is 0.667. The van der Waals surface area contributed by atoms with E-state index in [0.29, 0.717) is 48.9 Å². The van der Waals surface area contributed by atoms with Crippen LogP contribution in [0.2, 0.25) is 0 Å². The molecule has 1 heterocycles. The maximum Gasteiger partial charge on any atom is 0.270 e. The number of rotatable bonds is 9. The van der Waals surface area contributed by atoms with Gasteiger partial charge >= 0.3 is 0 Å². The third-order valence-electron chi connectivity index (χ3n) is 3.62. The lowest BCUT2D eigenvalue weighted by Crippen LogP contribution is -2.26. The zero-order valence-electron chi connectivity index (χ0n) is 15.0. The van der Waals surface area contributed by atoms with Gasteiger partial charge < -0.3 is 25.3 Å². The third kappa shape index (κ3) is 5.48. The van der Waals surface area contributed by atoms with Crippen LogP contribution >= 0.6 is 23.7 Å². The number of ether oxygens (including phenoxy) is 3. The zero-order valence-corrected chi connectivity index (χ0v) is 16.7. The number of hydrogen-bond donors (Lipinski definition) is 2. The number of carbonyl (C=O) groups excluding carboxylic acids is 1. The molecule has 144 valence electrons. The van der Waals surface area contributed by atoms with Crippen LogP contribution in [0.1, 0.15) is 21.1 Å². The van der Waals surface area contributed by atoms with E-state index in [-0.39, 0.29) is 18.3 Å². The molecule has 0 aliphatic carbocycles. The van der Waals surface area contributed by atoms with Crippen molar-refractivity contribution in [3.8, 4) is 17.2 Å². The predicted molar refractivity (Wildman–Crippen MR) is 104 cm³/mol. The Kier molecular flexibility index (Phi) is 9.18. The van der Waals surface area contributed by atoms with Crippen molar-refractivity contribution in [2.75, 3.05) is 34.4 Å². The first-order valence-corrected chi connectivity index (χ1v) is 8.72. The number of nitrogens with two attached hydrogens (primary N) is 1. The molecule has 0 bridgehead atoms. The highest BCUT2D eigenvalue weighted by Crippen LogP contribution is 2.34. The van der Waals surface area contributed by atoms with Crippen LogP contribution in [0, 0.1) is 0 Å². The second-order valence-corrected chi connectivity index (χ2v) is 6.12. The van der Waals surface area contributed by atoms with E-state index in [1.807, 2.05) is 0 Å². The smallest absolute Gasteiger partial charge is 0.270 e. The maximum atomic E-state index is 12.2. The first-order valence-electron chi connectivity index (χ1n) is 7.84. The van der Waals surface area contributed by atoms with Gasteiger partial charge in [0.1, 0.15) is 22.9 Å². The fraction of sp³-hybridized carbons (Fsp3) is 0.412. The fourth-order valence-electron chi connectivity index (χ4n) is 2.37. The molecule has 0 radical (unpaired) electrons. The number of methoxy groups -OCH3 is 3. The van der Waals surface area contributed by atoms with Crippen LogP contribution in [0.25, 0.3) is 0 Å². The molecule has 0 fully saturated rings. The van der Waals surface area contributed by atoms with Crippen molar-refractivity contribution in [3.05, 3.63) is 33.8 Å². The van der Waals surface area contributed by atoms with Gasteiger partial charge in [0.15, 0.2) is 0 Å². The monoisotopic (exact) mass is 401 g/mol. The molecule has 1 aromatic heterocycles. The minimum atomic E-state index is -0.203. The number of carbonyl (C=O) groups is 1. The van der Waals surface area contributed by atoms with Crippen molar-refractivity contribution in [2.45, 2.75) is 12.8 Å². The molecule has 0 aliphatic rings. The lowest BCUT2D eigenvalue weighted by molar-refractivity contribution is 0.0949.